The lowest BCUT2D eigenvalue weighted by Gasteiger charge is -2.38. The second-order valence-corrected chi connectivity index (χ2v) is 6.80. The van der Waals surface area contributed by atoms with Gasteiger partial charge >= 0.3 is 6.09 Å². The number of ether oxygens (including phenoxy) is 1. The maximum atomic E-state index is 11.8. The molecule has 2 aliphatic rings. The molecule has 1 amide bonds. The Labute approximate surface area is 103 Å². The average molecular weight is 240 g/mol. The van der Waals surface area contributed by atoms with Crippen LogP contribution in [0.25, 0.3) is 0 Å². The Bertz CT molecular complexity index is 324. The van der Waals surface area contributed by atoms with Crippen molar-refractivity contribution in [2.24, 2.45) is 5.73 Å². The van der Waals surface area contributed by atoms with E-state index in [1.165, 1.54) is 0 Å². The van der Waals surface area contributed by atoms with Gasteiger partial charge in [0.25, 0.3) is 0 Å². The van der Waals surface area contributed by atoms with E-state index in [1.807, 2.05) is 20.8 Å². The SMILES string of the molecule is CC(C)(C)OC(=O)N[C@@]12CCC[C@@](N)(CC1)C2. The Kier molecular flexibility index (Phi) is 2.89. The molecule has 4 nitrogen and oxygen atoms in total. The van der Waals surface area contributed by atoms with Crippen molar-refractivity contribution in [1.29, 1.82) is 0 Å². The molecule has 2 fully saturated rings. The Morgan fingerprint density at radius 3 is 2.59 bits per heavy atom. The summed E-state index contributed by atoms with van der Waals surface area (Å²) in [6, 6.07) is 0. The van der Waals surface area contributed by atoms with Crippen LogP contribution in [0, 0.1) is 0 Å². The number of carbonyl (C=O) groups is 1. The molecule has 2 rings (SSSR count). The third-order valence-corrected chi connectivity index (χ3v) is 3.89. The normalized spacial score (nSPS) is 36.7. The number of rotatable bonds is 1. The van der Waals surface area contributed by atoms with Gasteiger partial charge in [0.15, 0.2) is 0 Å². The van der Waals surface area contributed by atoms with Crippen molar-refractivity contribution in [2.45, 2.75) is 76.0 Å². The van der Waals surface area contributed by atoms with Crippen molar-refractivity contribution in [3.8, 4) is 0 Å². The summed E-state index contributed by atoms with van der Waals surface area (Å²) in [6.07, 6.45) is 5.83. The van der Waals surface area contributed by atoms with Gasteiger partial charge in [0.1, 0.15) is 5.60 Å². The topological polar surface area (TPSA) is 64.3 Å². The van der Waals surface area contributed by atoms with Crippen LogP contribution in [0.3, 0.4) is 0 Å². The smallest absolute Gasteiger partial charge is 0.408 e. The number of fused-ring (bicyclic) bond motifs is 2. The minimum absolute atomic E-state index is 0.0484. The molecular weight excluding hydrogens is 216 g/mol. The summed E-state index contributed by atoms with van der Waals surface area (Å²) in [5, 5.41) is 3.06. The molecule has 2 aliphatic carbocycles. The molecule has 0 aromatic rings. The maximum Gasteiger partial charge on any atom is 0.408 e. The van der Waals surface area contributed by atoms with Gasteiger partial charge in [0.2, 0.25) is 0 Å². The van der Waals surface area contributed by atoms with E-state index in [0.717, 1.165) is 38.5 Å². The molecule has 3 N–H and O–H groups in total. The van der Waals surface area contributed by atoms with E-state index in [4.69, 9.17) is 10.5 Å². The summed E-state index contributed by atoms with van der Waals surface area (Å²) < 4.78 is 5.33. The molecule has 0 radical (unpaired) electrons. The monoisotopic (exact) mass is 240 g/mol. The Morgan fingerprint density at radius 2 is 1.94 bits per heavy atom. The first-order valence-corrected chi connectivity index (χ1v) is 6.52. The zero-order chi connectivity index (χ0) is 12.7. The molecule has 0 heterocycles. The van der Waals surface area contributed by atoms with Crippen molar-refractivity contribution >= 4 is 6.09 Å². The zero-order valence-electron chi connectivity index (χ0n) is 11.1. The Hall–Kier alpha value is -0.770. The lowest BCUT2D eigenvalue weighted by atomic mass is 9.79. The van der Waals surface area contributed by atoms with Gasteiger partial charge in [-0.3, -0.25) is 0 Å². The van der Waals surface area contributed by atoms with E-state index >= 15 is 0 Å². The van der Waals surface area contributed by atoms with Crippen molar-refractivity contribution in [1.82, 2.24) is 5.32 Å². The summed E-state index contributed by atoms with van der Waals surface area (Å²) in [6.45, 7) is 5.65. The summed E-state index contributed by atoms with van der Waals surface area (Å²) in [4.78, 5) is 11.8. The van der Waals surface area contributed by atoms with Crippen LogP contribution < -0.4 is 11.1 Å². The van der Waals surface area contributed by atoms with E-state index in [9.17, 15) is 4.79 Å². The molecule has 2 atom stereocenters. The average Bonchev–Trinajstić information content (AvgIpc) is 2.33. The van der Waals surface area contributed by atoms with E-state index in [1.54, 1.807) is 0 Å². The fraction of sp³-hybridized carbons (Fsp3) is 0.923. The number of nitrogens with one attached hydrogen (secondary N) is 1. The molecule has 0 spiro atoms. The van der Waals surface area contributed by atoms with E-state index < -0.39 is 5.60 Å². The molecular formula is C13H24N2O2. The van der Waals surface area contributed by atoms with Crippen LogP contribution >= 0.6 is 0 Å². The Balaban J connectivity index is 1.97. The van der Waals surface area contributed by atoms with Crippen molar-refractivity contribution in [3.05, 3.63) is 0 Å². The van der Waals surface area contributed by atoms with Crippen LogP contribution in [0.1, 0.15) is 59.3 Å². The minimum Gasteiger partial charge on any atom is -0.444 e. The fourth-order valence-corrected chi connectivity index (χ4v) is 3.23. The third kappa shape index (κ3) is 2.92. The van der Waals surface area contributed by atoms with E-state index in [0.29, 0.717) is 0 Å². The quantitative estimate of drug-likeness (QED) is 0.739. The summed E-state index contributed by atoms with van der Waals surface area (Å²) in [5.41, 5.74) is 5.71. The molecule has 17 heavy (non-hydrogen) atoms. The van der Waals surface area contributed by atoms with Crippen LogP contribution in [0.4, 0.5) is 4.79 Å². The summed E-state index contributed by atoms with van der Waals surface area (Å²) in [5.74, 6) is 0. The first kappa shape index (κ1) is 12.7. The first-order chi connectivity index (χ1) is 7.72. The standard InChI is InChI=1S/C13H24N2O2/c1-11(2,3)17-10(16)15-13-6-4-5-12(14,9-13)7-8-13/h4-9,14H2,1-3H3,(H,15,16)/t12-,13+/m1/s1. The van der Waals surface area contributed by atoms with Crippen molar-refractivity contribution < 1.29 is 9.53 Å². The molecule has 0 aromatic heterocycles. The molecule has 0 saturated heterocycles. The van der Waals surface area contributed by atoms with Gasteiger partial charge < -0.3 is 15.8 Å². The van der Waals surface area contributed by atoms with Gasteiger partial charge in [0, 0.05) is 11.1 Å². The fourth-order valence-electron chi connectivity index (χ4n) is 3.23. The predicted molar refractivity (Wildman–Crippen MR) is 66.7 cm³/mol. The lowest BCUT2D eigenvalue weighted by Crippen LogP contribution is -2.53. The third-order valence-electron chi connectivity index (χ3n) is 3.89. The van der Waals surface area contributed by atoms with Gasteiger partial charge in [0.05, 0.1) is 0 Å². The maximum absolute atomic E-state index is 11.8. The molecule has 2 saturated carbocycles. The van der Waals surface area contributed by atoms with E-state index in [-0.39, 0.29) is 17.2 Å². The number of nitrogens with two attached hydrogens (primary N) is 1. The zero-order valence-corrected chi connectivity index (χ0v) is 11.1. The highest BCUT2D eigenvalue weighted by Crippen LogP contribution is 2.46. The largest absolute Gasteiger partial charge is 0.444 e. The number of alkyl carbamates (subject to hydrolysis) is 1. The highest BCUT2D eigenvalue weighted by molar-refractivity contribution is 5.69. The highest BCUT2D eigenvalue weighted by Gasteiger charge is 2.50. The molecule has 0 unspecified atom stereocenters. The van der Waals surface area contributed by atoms with Gasteiger partial charge in [-0.25, -0.2) is 4.79 Å². The molecule has 0 aliphatic heterocycles. The van der Waals surface area contributed by atoms with Crippen molar-refractivity contribution in [2.75, 3.05) is 0 Å². The molecule has 0 aromatic carbocycles. The van der Waals surface area contributed by atoms with Crippen LogP contribution in [0.2, 0.25) is 0 Å². The van der Waals surface area contributed by atoms with E-state index in [2.05, 4.69) is 5.32 Å². The number of amides is 1. The highest BCUT2D eigenvalue weighted by atomic mass is 16.6. The second-order valence-electron chi connectivity index (χ2n) is 6.80. The minimum atomic E-state index is -0.437. The Morgan fingerprint density at radius 1 is 1.24 bits per heavy atom. The van der Waals surface area contributed by atoms with Crippen LogP contribution in [-0.4, -0.2) is 22.8 Å². The van der Waals surface area contributed by atoms with Gasteiger partial charge in [-0.2, -0.15) is 0 Å². The molecule has 4 heteroatoms. The number of carbonyl (C=O) groups excluding carboxylic acids is 1. The number of hydrogen-bond donors (Lipinski definition) is 2. The predicted octanol–water partition coefficient (Wildman–Crippen LogP) is 2.32. The van der Waals surface area contributed by atoms with Gasteiger partial charge in [-0.1, -0.05) is 0 Å². The lowest BCUT2D eigenvalue weighted by molar-refractivity contribution is 0.0433. The van der Waals surface area contributed by atoms with Crippen LogP contribution in [-0.2, 0) is 4.74 Å². The first-order valence-electron chi connectivity index (χ1n) is 6.52. The summed E-state index contributed by atoms with van der Waals surface area (Å²) >= 11 is 0. The summed E-state index contributed by atoms with van der Waals surface area (Å²) in [7, 11) is 0. The molecule has 2 bridgehead atoms. The van der Waals surface area contributed by atoms with Crippen LogP contribution in [0.15, 0.2) is 0 Å². The van der Waals surface area contributed by atoms with Crippen LogP contribution in [0.5, 0.6) is 0 Å². The number of hydrogen-bond acceptors (Lipinski definition) is 3. The van der Waals surface area contributed by atoms with Gasteiger partial charge in [-0.05, 0) is 59.3 Å². The second kappa shape index (κ2) is 3.87. The van der Waals surface area contributed by atoms with Gasteiger partial charge in [-0.15, -0.1) is 0 Å². The molecule has 98 valence electrons. The van der Waals surface area contributed by atoms with Crippen molar-refractivity contribution in [3.63, 3.8) is 0 Å².